The van der Waals surface area contributed by atoms with Crippen LogP contribution in [0.1, 0.15) is 57.8 Å². The molecule has 2 aliphatic rings. The summed E-state index contributed by atoms with van der Waals surface area (Å²) in [5.74, 6) is 0.113. The first kappa shape index (κ1) is 29.2. The molecule has 0 aliphatic carbocycles. The lowest BCUT2D eigenvalue weighted by Crippen LogP contribution is -2.51. The lowest BCUT2D eigenvalue weighted by atomic mass is 9.86. The number of morpholine rings is 1. The van der Waals surface area contributed by atoms with E-state index in [2.05, 4.69) is 46.4 Å². The van der Waals surface area contributed by atoms with Gasteiger partial charge in [0.05, 0.1) is 41.4 Å². The summed E-state index contributed by atoms with van der Waals surface area (Å²) in [5.41, 5.74) is 11.0. The molecular formula is C28H43N5O3S. The third-order valence-corrected chi connectivity index (χ3v) is 8.15. The van der Waals surface area contributed by atoms with E-state index in [1.807, 2.05) is 38.1 Å². The van der Waals surface area contributed by atoms with E-state index in [1.165, 1.54) is 10.4 Å². The Hall–Kier alpha value is -2.33. The molecule has 3 unspecified atom stereocenters. The van der Waals surface area contributed by atoms with Gasteiger partial charge in [-0.1, -0.05) is 45.0 Å². The third-order valence-electron chi connectivity index (χ3n) is 7.17. The maximum Gasteiger partial charge on any atom is 0.240 e. The molecule has 0 radical (unpaired) electrons. The predicted molar refractivity (Wildman–Crippen MR) is 149 cm³/mol. The van der Waals surface area contributed by atoms with Crippen LogP contribution in [0.4, 0.5) is 0 Å². The fourth-order valence-electron chi connectivity index (χ4n) is 4.63. The molecule has 3 atom stereocenters. The fourth-order valence-corrected chi connectivity index (χ4v) is 5.45. The molecule has 8 nitrogen and oxygen atoms in total. The number of likely N-dealkylation sites (tertiary alicyclic amines) is 1. The number of nitrogens with two attached hydrogens (primary N) is 1. The van der Waals surface area contributed by atoms with Gasteiger partial charge < -0.3 is 20.7 Å². The Morgan fingerprint density at radius 3 is 2.43 bits per heavy atom. The van der Waals surface area contributed by atoms with Gasteiger partial charge in [-0.05, 0) is 43.2 Å². The number of benzene rings is 1. The van der Waals surface area contributed by atoms with Gasteiger partial charge in [-0.15, -0.1) is 11.3 Å². The monoisotopic (exact) mass is 529 g/mol. The number of carbonyl (C=O) groups excluding carboxylic acids is 2. The van der Waals surface area contributed by atoms with Crippen LogP contribution in [-0.4, -0.2) is 78.6 Å². The number of nitrogens with zero attached hydrogens (tertiary/aromatic N) is 3. The number of carbonyl (C=O) groups is 2. The second kappa shape index (κ2) is 13.5. The van der Waals surface area contributed by atoms with Crippen molar-refractivity contribution in [1.82, 2.24) is 20.1 Å². The van der Waals surface area contributed by atoms with Gasteiger partial charge >= 0.3 is 0 Å². The van der Waals surface area contributed by atoms with Crippen LogP contribution in [-0.2, 0) is 14.3 Å². The largest absolute Gasteiger partial charge is 0.379 e. The minimum Gasteiger partial charge on any atom is -0.379 e. The van der Waals surface area contributed by atoms with E-state index in [0.717, 1.165) is 69.9 Å². The Balaban J connectivity index is 0.000000233. The van der Waals surface area contributed by atoms with Gasteiger partial charge in [0.25, 0.3) is 0 Å². The first-order valence-electron chi connectivity index (χ1n) is 13.2. The summed E-state index contributed by atoms with van der Waals surface area (Å²) in [7, 11) is 0. The van der Waals surface area contributed by atoms with E-state index in [9.17, 15) is 9.59 Å². The summed E-state index contributed by atoms with van der Waals surface area (Å²) < 4.78 is 5.38. The first-order valence-corrected chi connectivity index (χ1v) is 14.1. The Kier molecular flexibility index (Phi) is 10.6. The van der Waals surface area contributed by atoms with Crippen LogP contribution in [0.2, 0.25) is 0 Å². The molecule has 0 bridgehead atoms. The van der Waals surface area contributed by atoms with Crippen molar-refractivity contribution in [3.63, 3.8) is 0 Å². The highest BCUT2D eigenvalue weighted by Gasteiger charge is 2.34. The van der Waals surface area contributed by atoms with E-state index < -0.39 is 0 Å². The van der Waals surface area contributed by atoms with Crippen molar-refractivity contribution in [2.75, 3.05) is 39.4 Å². The van der Waals surface area contributed by atoms with Gasteiger partial charge in [-0.25, -0.2) is 4.98 Å². The zero-order valence-corrected chi connectivity index (χ0v) is 23.7. The number of hydrogen-bond donors (Lipinski definition) is 2. The number of ether oxygens (including phenoxy) is 1. The molecule has 2 aliphatic heterocycles. The standard InChI is InChI=1S/C17H21N3O2S.C11H22N2O/c1-13-17(23-12-19-13)15-4-2-14(3-5-15)16(18-11-21)10-20-6-8-22-9-7-20;1-8-6-5-7-13(8)10(14)9(12)11(2,3)4/h2-5,11-12,16H,6-10H2,1H3,(H,18,21);8-9H,5-7,12H2,1-4H3. The van der Waals surface area contributed by atoms with Crippen LogP contribution in [0.25, 0.3) is 10.4 Å². The Bertz CT molecular complexity index is 994. The normalized spacial score (nSPS) is 20.1. The van der Waals surface area contributed by atoms with Crippen LogP contribution < -0.4 is 11.1 Å². The van der Waals surface area contributed by atoms with Gasteiger partial charge in [-0.3, -0.25) is 14.5 Å². The number of aromatic nitrogens is 1. The zero-order valence-electron chi connectivity index (χ0n) is 22.9. The lowest BCUT2D eigenvalue weighted by Gasteiger charge is -2.31. The molecule has 0 saturated carbocycles. The first-order chi connectivity index (χ1) is 17.6. The van der Waals surface area contributed by atoms with Crippen LogP contribution >= 0.6 is 11.3 Å². The van der Waals surface area contributed by atoms with Gasteiger partial charge in [0, 0.05) is 32.2 Å². The predicted octanol–water partition coefficient (Wildman–Crippen LogP) is 3.61. The Morgan fingerprint density at radius 2 is 1.92 bits per heavy atom. The van der Waals surface area contributed by atoms with E-state index in [-0.39, 0.29) is 23.4 Å². The highest BCUT2D eigenvalue weighted by Crippen LogP contribution is 2.28. The lowest BCUT2D eigenvalue weighted by molar-refractivity contribution is -0.135. The quantitative estimate of drug-likeness (QED) is 0.532. The van der Waals surface area contributed by atoms with Crippen LogP contribution in [0.5, 0.6) is 0 Å². The summed E-state index contributed by atoms with van der Waals surface area (Å²) in [4.78, 5) is 32.7. The Morgan fingerprint density at radius 1 is 1.24 bits per heavy atom. The third kappa shape index (κ3) is 8.07. The summed E-state index contributed by atoms with van der Waals surface area (Å²) in [6, 6.07) is 8.40. The fraction of sp³-hybridized carbons (Fsp3) is 0.607. The molecule has 4 rings (SSSR count). The molecule has 3 heterocycles. The van der Waals surface area contributed by atoms with E-state index in [4.69, 9.17) is 10.5 Å². The highest BCUT2D eigenvalue weighted by atomic mass is 32.1. The van der Waals surface area contributed by atoms with E-state index >= 15 is 0 Å². The van der Waals surface area contributed by atoms with Gasteiger partial charge in [0.2, 0.25) is 12.3 Å². The molecule has 9 heteroatoms. The highest BCUT2D eigenvalue weighted by molar-refractivity contribution is 7.13. The summed E-state index contributed by atoms with van der Waals surface area (Å²) in [6.45, 7) is 15.2. The molecule has 0 spiro atoms. The molecule has 2 saturated heterocycles. The minimum absolute atomic E-state index is 0.00204. The molecular weight excluding hydrogens is 486 g/mol. The van der Waals surface area contributed by atoms with Gasteiger partial charge in [0.1, 0.15) is 0 Å². The molecule has 2 amide bonds. The Labute approximate surface area is 225 Å². The van der Waals surface area contributed by atoms with Crippen molar-refractivity contribution >= 4 is 23.7 Å². The molecule has 3 N–H and O–H groups in total. The SMILES string of the molecule is CC1CCCN1C(=O)C(N)C(C)(C)C.Cc1ncsc1-c1ccc(C(CN2CCOCC2)NC=O)cc1. The summed E-state index contributed by atoms with van der Waals surface area (Å²) in [6.07, 6.45) is 3.01. The average molecular weight is 530 g/mol. The minimum atomic E-state index is -0.372. The molecule has 1 aromatic carbocycles. The molecule has 204 valence electrons. The van der Waals surface area contributed by atoms with Crippen LogP contribution in [0.3, 0.4) is 0 Å². The number of thiazole rings is 1. The summed E-state index contributed by atoms with van der Waals surface area (Å²) >= 11 is 1.65. The number of amides is 2. The smallest absolute Gasteiger partial charge is 0.240 e. The average Bonchev–Trinajstić information content (AvgIpc) is 3.51. The topological polar surface area (TPSA) is 101 Å². The van der Waals surface area contributed by atoms with Gasteiger partial charge in [0.15, 0.2) is 0 Å². The number of nitrogens with one attached hydrogen (secondary N) is 1. The zero-order chi connectivity index (χ0) is 27.0. The van der Waals surface area contributed by atoms with Crippen molar-refractivity contribution in [1.29, 1.82) is 0 Å². The second-order valence-corrected chi connectivity index (χ2v) is 11.9. The number of hydrogen-bond acceptors (Lipinski definition) is 7. The van der Waals surface area contributed by atoms with E-state index in [0.29, 0.717) is 6.04 Å². The second-order valence-electron chi connectivity index (χ2n) is 11.0. The summed E-state index contributed by atoms with van der Waals surface area (Å²) in [5, 5.41) is 2.94. The molecule has 2 aromatic rings. The van der Waals surface area contributed by atoms with E-state index in [1.54, 1.807) is 11.3 Å². The van der Waals surface area contributed by atoms with Crippen LogP contribution in [0.15, 0.2) is 29.8 Å². The van der Waals surface area contributed by atoms with Crippen molar-refractivity contribution in [2.24, 2.45) is 11.1 Å². The van der Waals surface area contributed by atoms with Crippen molar-refractivity contribution in [3.05, 3.63) is 41.0 Å². The molecule has 1 aromatic heterocycles. The number of rotatable bonds is 7. The van der Waals surface area contributed by atoms with Crippen molar-refractivity contribution in [3.8, 4) is 10.4 Å². The maximum atomic E-state index is 12.0. The van der Waals surface area contributed by atoms with Gasteiger partial charge in [-0.2, -0.15) is 0 Å². The molecule has 2 fully saturated rings. The number of aryl methyl sites for hydroxylation is 1. The van der Waals surface area contributed by atoms with Crippen molar-refractivity contribution in [2.45, 2.75) is 65.6 Å². The maximum absolute atomic E-state index is 12.0. The molecule has 37 heavy (non-hydrogen) atoms. The van der Waals surface area contributed by atoms with Crippen LogP contribution in [0, 0.1) is 12.3 Å². The van der Waals surface area contributed by atoms with Crippen molar-refractivity contribution < 1.29 is 14.3 Å².